The summed E-state index contributed by atoms with van der Waals surface area (Å²) in [6.45, 7) is 14.1. The molecule has 2 aromatic rings. The summed E-state index contributed by atoms with van der Waals surface area (Å²) in [5.74, 6) is 0. The first kappa shape index (κ1) is 22.5. The van der Waals surface area contributed by atoms with E-state index in [1.54, 1.807) is 12.4 Å². The molecule has 1 aromatic heterocycles. The lowest BCUT2D eigenvalue weighted by atomic mass is 10.2. The normalized spacial score (nSPS) is 6.68. The van der Waals surface area contributed by atoms with E-state index in [0.29, 0.717) is 0 Å². The minimum Gasteiger partial charge on any atom is -0.265 e. The van der Waals surface area contributed by atoms with Gasteiger partial charge in [-0.25, -0.2) is 0 Å². The SMILES string of the molecule is CC.CC.CC.Cc1ccccc1.c1ccncc1. The van der Waals surface area contributed by atoms with Crippen LogP contribution in [0.4, 0.5) is 0 Å². The van der Waals surface area contributed by atoms with Crippen molar-refractivity contribution in [1.82, 2.24) is 4.98 Å². The Hall–Kier alpha value is -1.63. The number of benzene rings is 1. The molecule has 1 aromatic carbocycles. The van der Waals surface area contributed by atoms with Gasteiger partial charge in [0.05, 0.1) is 0 Å². The number of aryl methyl sites for hydroxylation is 1. The minimum absolute atomic E-state index is 1.32. The molecule has 19 heavy (non-hydrogen) atoms. The Kier molecular flexibility index (Phi) is 30.0. The number of aromatic nitrogens is 1. The van der Waals surface area contributed by atoms with Crippen molar-refractivity contribution < 1.29 is 0 Å². The van der Waals surface area contributed by atoms with E-state index in [2.05, 4.69) is 24.0 Å². The largest absolute Gasteiger partial charge is 0.265 e. The van der Waals surface area contributed by atoms with E-state index in [-0.39, 0.29) is 0 Å². The van der Waals surface area contributed by atoms with Crippen LogP contribution in [0.15, 0.2) is 60.9 Å². The third-order valence-corrected chi connectivity index (χ3v) is 1.51. The number of rotatable bonds is 0. The van der Waals surface area contributed by atoms with Crippen LogP contribution in [0.25, 0.3) is 0 Å². The molecule has 0 fully saturated rings. The highest BCUT2D eigenvalue weighted by Gasteiger charge is 1.72. The van der Waals surface area contributed by atoms with Crippen LogP contribution in [0, 0.1) is 6.92 Å². The Bertz CT molecular complexity index is 276. The topological polar surface area (TPSA) is 12.9 Å². The van der Waals surface area contributed by atoms with Crippen molar-refractivity contribution in [2.24, 2.45) is 0 Å². The Labute approximate surface area is 120 Å². The molecule has 108 valence electrons. The van der Waals surface area contributed by atoms with Gasteiger partial charge in [0, 0.05) is 12.4 Å². The van der Waals surface area contributed by atoms with E-state index in [1.807, 2.05) is 77.9 Å². The molecule has 1 heterocycles. The lowest BCUT2D eigenvalue weighted by Crippen LogP contribution is -1.62. The van der Waals surface area contributed by atoms with Crippen LogP contribution in [0.2, 0.25) is 0 Å². The summed E-state index contributed by atoms with van der Waals surface area (Å²) >= 11 is 0. The molecular formula is C18H31N. The van der Waals surface area contributed by atoms with Crippen LogP contribution in [0.3, 0.4) is 0 Å². The summed E-state index contributed by atoms with van der Waals surface area (Å²) in [7, 11) is 0. The summed E-state index contributed by atoms with van der Waals surface area (Å²) in [6.07, 6.45) is 3.50. The molecule has 0 saturated heterocycles. The highest BCUT2D eigenvalue weighted by Crippen LogP contribution is 1.92. The van der Waals surface area contributed by atoms with E-state index < -0.39 is 0 Å². The van der Waals surface area contributed by atoms with Crippen LogP contribution < -0.4 is 0 Å². The fourth-order valence-electron chi connectivity index (χ4n) is 0.847. The van der Waals surface area contributed by atoms with Crippen LogP contribution in [0.1, 0.15) is 47.1 Å². The first-order chi connectivity index (χ1) is 9.39. The maximum absolute atomic E-state index is 3.78. The molecule has 1 nitrogen and oxygen atoms in total. The summed E-state index contributed by atoms with van der Waals surface area (Å²) in [5.41, 5.74) is 1.32. The van der Waals surface area contributed by atoms with Gasteiger partial charge < -0.3 is 0 Å². The second kappa shape index (κ2) is 25.3. The Morgan fingerprint density at radius 2 is 0.947 bits per heavy atom. The summed E-state index contributed by atoms with van der Waals surface area (Å²) in [6, 6.07) is 16.0. The number of pyridine rings is 1. The van der Waals surface area contributed by atoms with Crippen LogP contribution in [-0.2, 0) is 0 Å². The molecule has 1 heteroatoms. The van der Waals surface area contributed by atoms with Gasteiger partial charge in [-0.15, -0.1) is 0 Å². The molecule has 0 amide bonds. The smallest absolute Gasteiger partial charge is 0.0267 e. The Balaban J connectivity index is -0.000000195. The monoisotopic (exact) mass is 261 g/mol. The predicted octanol–water partition coefficient (Wildman–Crippen LogP) is 6.16. The molecule has 0 aliphatic heterocycles. The highest BCUT2D eigenvalue weighted by atomic mass is 14.6. The molecule has 0 spiro atoms. The zero-order chi connectivity index (χ0) is 15.4. The van der Waals surface area contributed by atoms with Gasteiger partial charge >= 0.3 is 0 Å². The van der Waals surface area contributed by atoms with Gasteiger partial charge in [-0.2, -0.15) is 0 Å². The van der Waals surface area contributed by atoms with Crippen molar-refractivity contribution in [2.45, 2.75) is 48.5 Å². The summed E-state index contributed by atoms with van der Waals surface area (Å²) in [5, 5.41) is 0. The standard InChI is InChI=1S/C7H8.C5H5N.3C2H6/c1-7-5-3-2-4-6-7;1-2-4-6-5-3-1;3*1-2/h2-6H,1H3;1-5H;3*1-2H3. The lowest BCUT2D eigenvalue weighted by Gasteiger charge is -1.82. The van der Waals surface area contributed by atoms with E-state index in [9.17, 15) is 0 Å². The second-order valence-electron chi connectivity index (χ2n) is 2.68. The lowest BCUT2D eigenvalue weighted by molar-refractivity contribution is 1.33. The van der Waals surface area contributed by atoms with Crippen molar-refractivity contribution in [1.29, 1.82) is 0 Å². The quantitative estimate of drug-likeness (QED) is 0.554. The van der Waals surface area contributed by atoms with Crippen molar-refractivity contribution in [2.75, 3.05) is 0 Å². The second-order valence-corrected chi connectivity index (χ2v) is 2.68. The average molecular weight is 261 g/mol. The molecule has 0 saturated carbocycles. The molecule has 0 atom stereocenters. The summed E-state index contributed by atoms with van der Waals surface area (Å²) in [4.78, 5) is 3.78. The fraction of sp³-hybridized carbons (Fsp3) is 0.389. The van der Waals surface area contributed by atoms with Gasteiger partial charge in [0.2, 0.25) is 0 Å². The third kappa shape index (κ3) is 22.1. The highest BCUT2D eigenvalue weighted by molar-refractivity contribution is 5.11. The molecule has 0 radical (unpaired) electrons. The summed E-state index contributed by atoms with van der Waals surface area (Å²) < 4.78 is 0. The third-order valence-electron chi connectivity index (χ3n) is 1.51. The van der Waals surface area contributed by atoms with Gasteiger partial charge in [0.15, 0.2) is 0 Å². The van der Waals surface area contributed by atoms with Gasteiger partial charge in [0.25, 0.3) is 0 Å². The van der Waals surface area contributed by atoms with Crippen molar-refractivity contribution in [3.05, 3.63) is 66.5 Å². The maximum atomic E-state index is 3.78. The van der Waals surface area contributed by atoms with Crippen LogP contribution in [-0.4, -0.2) is 4.98 Å². The number of hydrogen-bond acceptors (Lipinski definition) is 1. The maximum Gasteiger partial charge on any atom is 0.0267 e. The Morgan fingerprint density at radius 3 is 1.11 bits per heavy atom. The number of nitrogens with zero attached hydrogens (tertiary/aromatic N) is 1. The van der Waals surface area contributed by atoms with Crippen LogP contribution >= 0.6 is 0 Å². The molecule has 0 N–H and O–H groups in total. The predicted molar refractivity (Wildman–Crippen MR) is 89.5 cm³/mol. The van der Waals surface area contributed by atoms with Crippen molar-refractivity contribution in [3.63, 3.8) is 0 Å². The van der Waals surface area contributed by atoms with Crippen molar-refractivity contribution in [3.8, 4) is 0 Å². The zero-order valence-electron chi connectivity index (χ0n) is 13.7. The molecule has 2 rings (SSSR count). The molecule has 0 unspecified atom stereocenters. The minimum atomic E-state index is 1.32. The van der Waals surface area contributed by atoms with E-state index in [4.69, 9.17) is 0 Å². The van der Waals surface area contributed by atoms with E-state index in [1.165, 1.54) is 5.56 Å². The van der Waals surface area contributed by atoms with Gasteiger partial charge in [0.1, 0.15) is 0 Å². The van der Waals surface area contributed by atoms with Gasteiger partial charge in [-0.3, -0.25) is 4.98 Å². The average Bonchev–Trinajstić information content (AvgIpc) is 2.56. The molecule has 0 aliphatic carbocycles. The number of hydrogen-bond donors (Lipinski definition) is 0. The van der Waals surface area contributed by atoms with Gasteiger partial charge in [-0.1, -0.05) is 83.5 Å². The van der Waals surface area contributed by atoms with E-state index >= 15 is 0 Å². The zero-order valence-corrected chi connectivity index (χ0v) is 13.7. The van der Waals surface area contributed by atoms with Gasteiger partial charge in [-0.05, 0) is 19.1 Å². The van der Waals surface area contributed by atoms with Crippen molar-refractivity contribution >= 4 is 0 Å². The fourth-order valence-corrected chi connectivity index (χ4v) is 0.847. The first-order valence-corrected chi connectivity index (χ1v) is 7.26. The molecular weight excluding hydrogens is 230 g/mol. The first-order valence-electron chi connectivity index (χ1n) is 7.26. The van der Waals surface area contributed by atoms with Crippen LogP contribution in [0.5, 0.6) is 0 Å². The molecule has 0 bridgehead atoms. The Morgan fingerprint density at radius 1 is 0.579 bits per heavy atom. The molecule has 0 aliphatic rings. The van der Waals surface area contributed by atoms with E-state index in [0.717, 1.165) is 0 Å².